The first-order chi connectivity index (χ1) is 12.9. The largest absolute Gasteiger partial charge is 2.00 e. The molecule has 0 atom stereocenters. The van der Waals surface area contributed by atoms with Gasteiger partial charge in [-0.25, -0.2) is 9.59 Å². The molecule has 0 N–H and O–H groups in total. The van der Waals surface area contributed by atoms with Gasteiger partial charge in [-0.05, 0) is 38.8 Å². The van der Waals surface area contributed by atoms with Crippen molar-refractivity contribution < 1.29 is 38.9 Å². The molecule has 0 aromatic heterocycles. The van der Waals surface area contributed by atoms with Crippen LogP contribution in [0.5, 0.6) is 0 Å². The minimum Gasteiger partial charge on any atom is -0.545 e. The summed E-state index contributed by atoms with van der Waals surface area (Å²) >= 11 is 0. The number of carbonyl (C=O) groups excluding carboxylic acids is 4. The van der Waals surface area contributed by atoms with Gasteiger partial charge in [0.1, 0.15) is 0 Å². The van der Waals surface area contributed by atoms with E-state index in [1.54, 1.807) is 13.8 Å². The van der Waals surface area contributed by atoms with E-state index in [-0.39, 0.29) is 47.4 Å². The van der Waals surface area contributed by atoms with Gasteiger partial charge in [0, 0.05) is 24.0 Å². The smallest absolute Gasteiger partial charge is 0.545 e. The first-order valence-electron chi connectivity index (χ1n) is 8.31. The summed E-state index contributed by atoms with van der Waals surface area (Å²) in [5, 5.41) is 20.5. The normalized spacial score (nSPS) is 10.5. The molecule has 156 valence electrons. The van der Waals surface area contributed by atoms with Crippen LogP contribution in [0.2, 0.25) is 0 Å². The summed E-state index contributed by atoms with van der Waals surface area (Å²) in [7, 11) is 0. The third kappa shape index (κ3) is 18.7. The molecule has 0 aromatic rings. The molecular formula is C20H26MgO8. The number of hydrogen-bond acceptors (Lipinski definition) is 8. The fourth-order valence-corrected chi connectivity index (χ4v) is 1.27. The molecule has 0 bridgehead atoms. The molecule has 0 spiro atoms. The zero-order chi connectivity index (χ0) is 22.3. The van der Waals surface area contributed by atoms with Crippen LogP contribution in [-0.2, 0) is 28.7 Å². The van der Waals surface area contributed by atoms with Crippen LogP contribution >= 0.6 is 0 Å². The average Bonchev–Trinajstić information content (AvgIpc) is 2.61. The van der Waals surface area contributed by atoms with Crippen molar-refractivity contribution in [2.45, 2.75) is 40.5 Å². The van der Waals surface area contributed by atoms with Gasteiger partial charge >= 0.3 is 35.0 Å². The van der Waals surface area contributed by atoms with Gasteiger partial charge in [-0.15, -0.1) is 0 Å². The summed E-state index contributed by atoms with van der Waals surface area (Å²) in [6.07, 6.45) is 3.61. The Bertz CT molecular complexity index is 616. The van der Waals surface area contributed by atoms with Gasteiger partial charge in [0.05, 0.1) is 25.2 Å². The van der Waals surface area contributed by atoms with Crippen molar-refractivity contribution in [3.8, 4) is 0 Å². The van der Waals surface area contributed by atoms with E-state index < -0.39 is 23.9 Å². The van der Waals surface area contributed by atoms with Gasteiger partial charge in [-0.2, -0.15) is 0 Å². The molecule has 0 saturated carbocycles. The van der Waals surface area contributed by atoms with Gasteiger partial charge < -0.3 is 29.3 Å². The fraction of sp³-hybridized carbons (Fsp3) is 0.400. The van der Waals surface area contributed by atoms with E-state index in [4.69, 9.17) is 9.47 Å². The summed E-state index contributed by atoms with van der Waals surface area (Å²) in [6.45, 7) is 13.0. The van der Waals surface area contributed by atoms with E-state index in [0.717, 1.165) is 0 Å². The third-order valence-corrected chi connectivity index (χ3v) is 2.94. The Morgan fingerprint density at radius 3 is 1.21 bits per heavy atom. The molecule has 0 aliphatic rings. The van der Waals surface area contributed by atoms with E-state index in [2.05, 4.69) is 13.2 Å². The number of rotatable bonds is 10. The van der Waals surface area contributed by atoms with Crippen molar-refractivity contribution in [2.24, 2.45) is 0 Å². The fourth-order valence-electron chi connectivity index (χ4n) is 1.27. The summed E-state index contributed by atoms with van der Waals surface area (Å²) in [5.74, 6) is -3.36. The van der Waals surface area contributed by atoms with Crippen LogP contribution in [0.1, 0.15) is 40.5 Å². The van der Waals surface area contributed by atoms with Crippen LogP contribution in [0, 0.1) is 0 Å². The van der Waals surface area contributed by atoms with Crippen LogP contribution in [-0.4, -0.2) is 60.1 Å². The molecule has 0 rings (SSSR count). The monoisotopic (exact) mass is 418 g/mol. The second-order valence-corrected chi connectivity index (χ2v) is 5.76. The zero-order valence-electron chi connectivity index (χ0n) is 17.4. The number of carboxylic acid groups (broad SMARTS) is 2. The van der Waals surface area contributed by atoms with Gasteiger partial charge in [0.15, 0.2) is 0 Å². The first-order valence-corrected chi connectivity index (χ1v) is 8.31. The van der Waals surface area contributed by atoms with E-state index >= 15 is 0 Å². The Morgan fingerprint density at radius 2 is 1.00 bits per heavy atom. The standard InChI is InChI=1S/2C10H14O4.Mg/c2*1-7(2)10(13)14-6-4-5-8(3)9(11)12;/h2*5H,1,4,6H2,2-3H3,(H,11,12);/q;;+2/p-2. The predicted octanol–water partition coefficient (Wildman–Crippen LogP) is 0.00320. The molecule has 0 aromatic carbocycles. The van der Waals surface area contributed by atoms with Crippen molar-refractivity contribution in [1.29, 1.82) is 0 Å². The molecule has 0 aliphatic carbocycles. The van der Waals surface area contributed by atoms with Crippen LogP contribution in [0.15, 0.2) is 47.6 Å². The second kappa shape index (κ2) is 17.7. The summed E-state index contributed by atoms with van der Waals surface area (Å²) < 4.78 is 9.47. The molecule has 0 heterocycles. The van der Waals surface area contributed by atoms with E-state index in [0.29, 0.717) is 24.0 Å². The summed E-state index contributed by atoms with van der Waals surface area (Å²) in [5.41, 5.74) is 0.920. The van der Waals surface area contributed by atoms with Crippen molar-refractivity contribution in [1.82, 2.24) is 0 Å². The van der Waals surface area contributed by atoms with Crippen LogP contribution in [0.3, 0.4) is 0 Å². The minimum absolute atomic E-state index is 0. The Morgan fingerprint density at radius 1 is 0.724 bits per heavy atom. The van der Waals surface area contributed by atoms with Gasteiger partial charge in [-0.3, -0.25) is 0 Å². The number of aliphatic carboxylic acids is 2. The van der Waals surface area contributed by atoms with E-state index in [1.165, 1.54) is 26.0 Å². The summed E-state index contributed by atoms with van der Waals surface area (Å²) in [4.78, 5) is 42.2. The minimum atomic E-state index is -1.21. The van der Waals surface area contributed by atoms with E-state index in [9.17, 15) is 29.4 Å². The topological polar surface area (TPSA) is 133 Å². The van der Waals surface area contributed by atoms with Crippen LogP contribution in [0.4, 0.5) is 0 Å². The second-order valence-electron chi connectivity index (χ2n) is 5.76. The molecular weight excluding hydrogens is 393 g/mol. The molecule has 8 nitrogen and oxygen atoms in total. The predicted molar refractivity (Wildman–Crippen MR) is 104 cm³/mol. The quantitative estimate of drug-likeness (QED) is 0.209. The number of ether oxygens (including phenoxy) is 2. The molecule has 0 amide bonds. The van der Waals surface area contributed by atoms with E-state index in [1.807, 2.05) is 0 Å². The Kier molecular flexibility index (Phi) is 19.1. The average molecular weight is 419 g/mol. The van der Waals surface area contributed by atoms with Crippen LogP contribution in [0.25, 0.3) is 0 Å². The number of hydrogen-bond donors (Lipinski definition) is 0. The van der Waals surface area contributed by atoms with Crippen molar-refractivity contribution in [2.75, 3.05) is 13.2 Å². The maximum absolute atomic E-state index is 10.9. The van der Waals surface area contributed by atoms with Gasteiger partial charge in [-0.1, -0.05) is 25.3 Å². The number of carboxylic acids is 2. The summed E-state index contributed by atoms with van der Waals surface area (Å²) in [6, 6.07) is 0. The molecule has 0 unspecified atom stereocenters. The molecule has 9 heteroatoms. The molecule has 29 heavy (non-hydrogen) atoms. The number of esters is 2. The Labute approximate surface area is 187 Å². The first kappa shape index (κ1) is 31.3. The van der Waals surface area contributed by atoms with Crippen molar-refractivity contribution >= 4 is 46.9 Å². The van der Waals surface area contributed by atoms with Crippen LogP contribution < -0.4 is 10.2 Å². The van der Waals surface area contributed by atoms with Crippen molar-refractivity contribution in [3.63, 3.8) is 0 Å². The Balaban J connectivity index is -0.000000451. The molecule has 0 radical (unpaired) electrons. The van der Waals surface area contributed by atoms with Crippen molar-refractivity contribution in [3.05, 3.63) is 47.6 Å². The molecule has 0 saturated heterocycles. The maximum atomic E-state index is 10.9. The molecule has 0 fully saturated rings. The zero-order valence-corrected chi connectivity index (χ0v) is 18.8. The van der Waals surface area contributed by atoms with Gasteiger partial charge in [0.2, 0.25) is 0 Å². The maximum Gasteiger partial charge on any atom is 2.00 e. The van der Waals surface area contributed by atoms with Gasteiger partial charge in [0.25, 0.3) is 0 Å². The number of carbonyl (C=O) groups is 4. The third-order valence-electron chi connectivity index (χ3n) is 2.94. The molecule has 0 aliphatic heterocycles. The Hall–Kier alpha value is -2.39. The SMILES string of the molecule is C=C(C)C(=O)OCCC=C(C)C(=O)[O-].C=C(C)C(=O)OCCC=C(C)C(=O)[O-].[Mg+2].